The summed E-state index contributed by atoms with van der Waals surface area (Å²) in [5.74, 6) is 1.17. The Morgan fingerprint density at radius 1 is 1.08 bits per heavy atom. The molecule has 140 valence electrons. The molecule has 0 atom stereocenters. The number of rotatable bonds is 6. The van der Waals surface area contributed by atoms with Crippen molar-refractivity contribution in [2.45, 2.75) is 52.9 Å². The van der Waals surface area contributed by atoms with Crippen LogP contribution in [0.2, 0.25) is 5.02 Å². The molecule has 0 saturated carbocycles. The maximum absolute atomic E-state index is 12.2. The van der Waals surface area contributed by atoms with E-state index >= 15 is 0 Å². The topological polar surface area (TPSA) is 35.5 Å². The van der Waals surface area contributed by atoms with E-state index in [4.69, 9.17) is 21.1 Å². The van der Waals surface area contributed by atoms with Crippen LogP contribution < -0.4 is 9.47 Å². The second-order valence-corrected chi connectivity index (χ2v) is 7.92. The largest absolute Gasteiger partial charge is 0.494 e. The van der Waals surface area contributed by atoms with Crippen LogP contribution in [0.5, 0.6) is 11.5 Å². The summed E-state index contributed by atoms with van der Waals surface area (Å²) < 4.78 is 11.3. The number of hydrogen-bond acceptors (Lipinski definition) is 3. The van der Waals surface area contributed by atoms with Crippen molar-refractivity contribution in [3.63, 3.8) is 0 Å². The summed E-state index contributed by atoms with van der Waals surface area (Å²) in [6, 6.07) is 11.5. The Kier molecular flexibility index (Phi) is 6.71. The molecule has 0 amide bonds. The van der Waals surface area contributed by atoms with Gasteiger partial charge in [-0.25, -0.2) is 0 Å². The molecule has 2 aromatic rings. The summed E-state index contributed by atoms with van der Waals surface area (Å²) in [6.07, 6.45) is 0.904. The van der Waals surface area contributed by atoms with Crippen molar-refractivity contribution in [2.75, 3.05) is 6.61 Å². The van der Waals surface area contributed by atoms with Crippen LogP contribution in [0.15, 0.2) is 36.4 Å². The van der Waals surface area contributed by atoms with Crippen molar-refractivity contribution in [3.8, 4) is 11.5 Å². The van der Waals surface area contributed by atoms with E-state index < -0.39 is 0 Å². The molecule has 2 rings (SSSR count). The van der Waals surface area contributed by atoms with Crippen LogP contribution in [-0.4, -0.2) is 12.6 Å². The third kappa shape index (κ3) is 5.50. The molecule has 0 N–H and O–H groups in total. The molecule has 0 spiro atoms. The Morgan fingerprint density at radius 3 is 2.31 bits per heavy atom. The first-order valence-corrected chi connectivity index (χ1v) is 9.26. The minimum absolute atomic E-state index is 0.0791. The first-order valence-electron chi connectivity index (χ1n) is 8.88. The minimum atomic E-state index is -0.242. The van der Waals surface area contributed by atoms with Crippen LogP contribution in [0.3, 0.4) is 0 Å². The highest BCUT2D eigenvalue weighted by molar-refractivity contribution is 6.32. The maximum atomic E-state index is 12.2. The number of carbonyl (C=O) groups is 1. The lowest BCUT2D eigenvalue weighted by molar-refractivity contribution is -0.134. The van der Waals surface area contributed by atoms with Gasteiger partial charge < -0.3 is 9.47 Å². The van der Waals surface area contributed by atoms with Gasteiger partial charge in [-0.05, 0) is 55.0 Å². The van der Waals surface area contributed by atoms with Crippen LogP contribution in [0, 0.1) is 13.8 Å². The Hall–Kier alpha value is -2.00. The molecule has 2 aromatic carbocycles. The molecule has 0 aliphatic heterocycles. The van der Waals surface area contributed by atoms with Crippen molar-refractivity contribution < 1.29 is 14.3 Å². The highest BCUT2D eigenvalue weighted by atomic mass is 35.5. The van der Waals surface area contributed by atoms with E-state index in [1.54, 1.807) is 0 Å². The number of para-hydroxylation sites is 1. The van der Waals surface area contributed by atoms with E-state index in [1.165, 1.54) is 0 Å². The van der Waals surface area contributed by atoms with E-state index in [-0.39, 0.29) is 11.4 Å². The van der Waals surface area contributed by atoms with Gasteiger partial charge in [0.15, 0.2) is 0 Å². The average Bonchev–Trinajstić information content (AvgIpc) is 2.56. The molecule has 0 aliphatic rings. The molecule has 0 saturated heterocycles. The molecule has 0 aromatic heterocycles. The molecule has 4 heteroatoms. The van der Waals surface area contributed by atoms with Crippen molar-refractivity contribution in [3.05, 3.63) is 58.1 Å². The summed E-state index contributed by atoms with van der Waals surface area (Å²) in [5, 5.41) is 0.762. The van der Waals surface area contributed by atoms with Crippen LogP contribution >= 0.6 is 11.6 Å². The van der Waals surface area contributed by atoms with Crippen LogP contribution in [0.1, 0.15) is 50.3 Å². The fourth-order valence-electron chi connectivity index (χ4n) is 2.74. The number of ether oxygens (including phenoxy) is 2. The summed E-state index contributed by atoms with van der Waals surface area (Å²) >= 11 is 6.16. The summed E-state index contributed by atoms with van der Waals surface area (Å²) in [6.45, 7) is 10.7. The highest BCUT2D eigenvalue weighted by Crippen LogP contribution is 2.31. The van der Waals surface area contributed by atoms with Gasteiger partial charge in [-0.2, -0.15) is 0 Å². The Morgan fingerprint density at radius 2 is 1.69 bits per heavy atom. The first kappa shape index (κ1) is 20.3. The van der Waals surface area contributed by atoms with E-state index in [1.807, 2.05) is 50.2 Å². The third-order valence-corrected chi connectivity index (χ3v) is 4.72. The maximum Gasteiger partial charge on any atom is 0.311 e. The summed E-state index contributed by atoms with van der Waals surface area (Å²) in [7, 11) is 0. The predicted molar refractivity (Wildman–Crippen MR) is 106 cm³/mol. The fraction of sp³-hybridized carbons (Fsp3) is 0.409. The molecule has 0 radical (unpaired) electrons. The lowest BCUT2D eigenvalue weighted by Crippen LogP contribution is -2.16. The van der Waals surface area contributed by atoms with Gasteiger partial charge >= 0.3 is 5.97 Å². The zero-order chi connectivity index (χ0) is 19.3. The van der Waals surface area contributed by atoms with Crippen LogP contribution in [0.4, 0.5) is 0 Å². The van der Waals surface area contributed by atoms with Gasteiger partial charge in [0.05, 0.1) is 6.61 Å². The van der Waals surface area contributed by atoms with Crippen molar-refractivity contribution in [1.29, 1.82) is 0 Å². The molecular weight excluding hydrogens is 348 g/mol. The molecule has 0 bridgehead atoms. The van der Waals surface area contributed by atoms with E-state index in [0.717, 1.165) is 27.5 Å². The number of esters is 1. The van der Waals surface area contributed by atoms with Gasteiger partial charge in [-0.15, -0.1) is 0 Å². The van der Waals surface area contributed by atoms with Gasteiger partial charge in [-0.3, -0.25) is 4.79 Å². The lowest BCUT2D eigenvalue weighted by atomic mass is 9.86. The summed E-state index contributed by atoms with van der Waals surface area (Å²) in [5.41, 5.74) is 2.92. The van der Waals surface area contributed by atoms with Crippen molar-refractivity contribution in [1.82, 2.24) is 0 Å². The van der Waals surface area contributed by atoms with Gasteiger partial charge in [0.25, 0.3) is 0 Å². The normalized spacial score (nSPS) is 11.3. The van der Waals surface area contributed by atoms with Gasteiger partial charge in [-0.1, -0.05) is 50.6 Å². The quantitative estimate of drug-likeness (QED) is 0.352. The predicted octanol–water partition coefficient (Wildman–Crippen LogP) is 6.02. The Labute approximate surface area is 161 Å². The summed E-state index contributed by atoms with van der Waals surface area (Å²) in [4.78, 5) is 12.2. The standard InChI is InChI=1S/C22H27ClO3/c1-15-13-17(14-16(2)21(15)23)25-12-8-11-20(24)26-19-10-7-6-9-18(19)22(3,4)5/h6-7,9-10,13-14H,8,11-12H2,1-5H3. The SMILES string of the molecule is Cc1cc(OCCCC(=O)Oc2ccccc2C(C)(C)C)cc(C)c1Cl. The zero-order valence-corrected chi connectivity index (χ0v) is 16.9. The fourth-order valence-corrected chi connectivity index (χ4v) is 2.85. The number of halogens is 1. The molecule has 0 heterocycles. The number of carbonyl (C=O) groups excluding carboxylic acids is 1. The molecule has 0 aliphatic carbocycles. The minimum Gasteiger partial charge on any atom is -0.494 e. The van der Waals surface area contributed by atoms with E-state index in [0.29, 0.717) is 25.2 Å². The highest BCUT2D eigenvalue weighted by Gasteiger charge is 2.19. The smallest absolute Gasteiger partial charge is 0.311 e. The Bertz CT molecular complexity index is 752. The van der Waals surface area contributed by atoms with Crippen LogP contribution in [-0.2, 0) is 10.2 Å². The number of aryl methyl sites for hydroxylation is 2. The van der Waals surface area contributed by atoms with E-state index in [2.05, 4.69) is 20.8 Å². The second kappa shape index (κ2) is 8.59. The molecule has 0 unspecified atom stereocenters. The lowest BCUT2D eigenvalue weighted by Gasteiger charge is -2.22. The average molecular weight is 375 g/mol. The van der Waals surface area contributed by atoms with Gasteiger partial charge in [0.2, 0.25) is 0 Å². The molecule has 3 nitrogen and oxygen atoms in total. The van der Waals surface area contributed by atoms with Crippen molar-refractivity contribution in [2.24, 2.45) is 0 Å². The monoisotopic (exact) mass is 374 g/mol. The molecular formula is C22H27ClO3. The second-order valence-electron chi connectivity index (χ2n) is 7.54. The number of benzene rings is 2. The van der Waals surface area contributed by atoms with Crippen molar-refractivity contribution >= 4 is 17.6 Å². The van der Waals surface area contributed by atoms with Crippen LogP contribution in [0.25, 0.3) is 0 Å². The van der Waals surface area contributed by atoms with Gasteiger partial charge in [0.1, 0.15) is 11.5 Å². The molecule has 26 heavy (non-hydrogen) atoms. The zero-order valence-electron chi connectivity index (χ0n) is 16.2. The third-order valence-electron chi connectivity index (χ3n) is 4.12. The number of hydrogen-bond donors (Lipinski definition) is 0. The Balaban J connectivity index is 1.85. The first-order chi connectivity index (χ1) is 12.2. The van der Waals surface area contributed by atoms with E-state index in [9.17, 15) is 4.79 Å². The van der Waals surface area contributed by atoms with Gasteiger partial charge in [0, 0.05) is 17.0 Å². The molecule has 0 fully saturated rings.